The number of oxazole rings is 1. The second kappa shape index (κ2) is 11.6. The number of methoxy groups -OCH3 is 2. The molecule has 1 rings (SSSR count). The van der Waals surface area contributed by atoms with Gasteiger partial charge in [0.1, 0.15) is 6.26 Å². The van der Waals surface area contributed by atoms with Gasteiger partial charge < -0.3 is 24.1 Å². The Hall–Kier alpha value is -1.93. The van der Waals surface area contributed by atoms with E-state index in [1.165, 1.54) is 6.26 Å². The molecule has 0 atom stereocenters. The Bertz CT molecular complexity index is 530. The fourth-order valence-electron chi connectivity index (χ4n) is 2.19. The summed E-state index contributed by atoms with van der Waals surface area (Å²) in [6, 6.07) is 0. The van der Waals surface area contributed by atoms with Gasteiger partial charge in [0, 0.05) is 46.4 Å². The summed E-state index contributed by atoms with van der Waals surface area (Å²) in [5.74, 6) is -0.0680. The van der Waals surface area contributed by atoms with Crippen LogP contribution < -0.4 is 5.32 Å². The number of rotatable bonds is 12. The smallest absolute Gasteiger partial charge is 0.273 e. The fourth-order valence-corrected chi connectivity index (χ4v) is 2.19. The van der Waals surface area contributed by atoms with Crippen molar-refractivity contribution in [3.63, 3.8) is 0 Å². The molecule has 0 fully saturated rings. The van der Waals surface area contributed by atoms with Gasteiger partial charge in [-0.3, -0.25) is 9.59 Å². The van der Waals surface area contributed by atoms with Crippen molar-refractivity contribution in [2.24, 2.45) is 5.92 Å². The summed E-state index contributed by atoms with van der Waals surface area (Å²) in [5.41, 5.74) is 0.209. The maximum Gasteiger partial charge on any atom is 0.273 e. The fraction of sp³-hybridized carbons (Fsp3) is 0.706. The lowest BCUT2D eigenvalue weighted by Gasteiger charge is -2.23. The molecule has 8 nitrogen and oxygen atoms in total. The lowest BCUT2D eigenvalue weighted by atomic mass is 10.2. The Labute approximate surface area is 148 Å². The van der Waals surface area contributed by atoms with E-state index in [4.69, 9.17) is 13.9 Å². The van der Waals surface area contributed by atoms with E-state index >= 15 is 0 Å². The molecule has 0 bridgehead atoms. The quantitative estimate of drug-likeness (QED) is 0.571. The first-order valence-corrected chi connectivity index (χ1v) is 8.48. The van der Waals surface area contributed by atoms with Crippen molar-refractivity contribution >= 4 is 11.8 Å². The van der Waals surface area contributed by atoms with Gasteiger partial charge in [0.05, 0.1) is 6.54 Å². The Balaban J connectivity index is 2.61. The molecule has 2 amide bonds. The average molecular weight is 355 g/mol. The molecule has 0 aliphatic rings. The van der Waals surface area contributed by atoms with E-state index < -0.39 is 0 Å². The number of hydrogen-bond donors (Lipinski definition) is 1. The number of carbonyl (C=O) groups excluding carboxylic acids is 2. The number of aromatic nitrogens is 1. The molecule has 1 N–H and O–H groups in total. The maximum atomic E-state index is 12.3. The summed E-state index contributed by atoms with van der Waals surface area (Å²) in [5, 5.41) is 2.74. The van der Waals surface area contributed by atoms with Crippen LogP contribution >= 0.6 is 0 Å². The number of amides is 2. The molecule has 0 aliphatic heterocycles. The van der Waals surface area contributed by atoms with Crippen LogP contribution in [0.3, 0.4) is 0 Å². The van der Waals surface area contributed by atoms with Gasteiger partial charge in [-0.15, -0.1) is 0 Å². The molecule has 0 aromatic carbocycles. The SMILES string of the molecule is COCCCNC(=O)c1coc(CN(CCCOC)C(=O)C(C)C)n1. The van der Waals surface area contributed by atoms with Crippen LogP contribution in [0, 0.1) is 5.92 Å². The van der Waals surface area contributed by atoms with Gasteiger partial charge in [0.25, 0.3) is 5.91 Å². The second-order valence-electron chi connectivity index (χ2n) is 5.99. The summed E-state index contributed by atoms with van der Waals surface area (Å²) in [6.07, 6.45) is 2.76. The van der Waals surface area contributed by atoms with Crippen molar-refractivity contribution in [1.82, 2.24) is 15.2 Å². The van der Waals surface area contributed by atoms with Crippen LogP contribution in [0.4, 0.5) is 0 Å². The molecule has 0 radical (unpaired) electrons. The summed E-state index contributed by atoms with van der Waals surface area (Å²) in [4.78, 5) is 30.2. The molecular weight excluding hydrogens is 326 g/mol. The number of nitrogens with one attached hydrogen (secondary N) is 1. The Morgan fingerprint density at radius 3 is 2.56 bits per heavy atom. The highest BCUT2D eigenvalue weighted by atomic mass is 16.5. The van der Waals surface area contributed by atoms with Crippen LogP contribution in [0.5, 0.6) is 0 Å². The van der Waals surface area contributed by atoms with E-state index in [2.05, 4.69) is 10.3 Å². The highest BCUT2D eigenvalue weighted by Crippen LogP contribution is 2.10. The average Bonchev–Trinajstić information content (AvgIpc) is 3.05. The monoisotopic (exact) mass is 355 g/mol. The van der Waals surface area contributed by atoms with Crippen LogP contribution in [-0.2, 0) is 20.8 Å². The molecule has 0 aliphatic carbocycles. The third kappa shape index (κ3) is 7.66. The first-order valence-electron chi connectivity index (χ1n) is 8.48. The van der Waals surface area contributed by atoms with Gasteiger partial charge in [0.15, 0.2) is 5.69 Å². The minimum atomic E-state index is -0.299. The summed E-state index contributed by atoms with van der Waals surface area (Å²) in [6.45, 7) is 6.13. The predicted octanol–water partition coefficient (Wildman–Crippen LogP) is 1.46. The highest BCUT2D eigenvalue weighted by molar-refractivity contribution is 5.91. The van der Waals surface area contributed by atoms with Crippen molar-refractivity contribution in [2.45, 2.75) is 33.2 Å². The third-order valence-corrected chi connectivity index (χ3v) is 3.50. The maximum absolute atomic E-state index is 12.3. The zero-order valence-corrected chi connectivity index (χ0v) is 15.5. The van der Waals surface area contributed by atoms with Crippen LogP contribution in [0.2, 0.25) is 0 Å². The highest BCUT2D eigenvalue weighted by Gasteiger charge is 2.20. The molecular formula is C17H29N3O5. The Morgan fingerprint density at radius 1 is 1.24 bits per heavy atom. The molecule has 25 heavy (non-hydrogen) atoms. The first kappa shape index (κ1) is 21.1. The van der Waals surface area contributed by atoms with E-state index in [1.54, 1.807) is 19.1 Å². The van der Waals surface area contributed by atoms with Crippen molar-refractivity contribution in [3.8, 4) is 0 Å². The molecule has 1 aromatic rings. The predicted molar refractivity (Wildman–Crippen MR) is 92.1 cm³/mol. The van der Waals surface area contributed by atoms with Crippen LogP contribution in [0.25, 0.3) is 0 Å². The molecule has 142 valence electrons. The topological polar surface area (TPSA) is 93.9 Å². The minimum absolute atomic E-state index is 0.0138. The van der Waals surface area contributed by atoms with Crippen molar-refractivity contribution in [2.75, 3.05) is 40.5 Å². The number of ether oxygens (including phenoxy) is 2. The normalized spacial score (nSPS) is 10.9. The van der Waals surface area contributed by atoms with E-state index in [1.807, 2.05) is 13.8 Å². The van der Waals surface area contributed by atoms with Gasteiger partial charge in [-0.2, -0.15) is 0 Å². The zero-order chi connectivity index (χ0) is 18.7. The molecule has 0 saturated heterocycles. The first-order chi connectivity index (χ1) is 12.0. The van der Waals surface area contributed by atoms with Gasteiger partial charge in [-0.1, -0.05) is 13.8 Å². The van der Waals surface area contributed by atoms with Crippen molar-refractivity contribution in [3.05, 3.63) is 17.8 Å². The van der Waals surface area contributed by atoms with Crippen LogP contribution in [0.15, 0.2) is 10.7 Å². The molecule has 0 spiro atoms. The largest absolute Gasteiger partial charge is 0.446 e. The number of carbonyl (C=O) groups is 2. The summed E-state index contributed by atoms with van der Waals surface area (Å²) < 4.78 is 15.3. The van der Waals surface area contributed by atoms with E-state index in [-0.39, 0.29) is 30.0 Å². The summed E-state index contributed by atoms with van der Waals surface area (Å²) in [7, 11) is 3.24. The Morgan fingerprint density at radius 2 is 1.92 bits per heavy atom. The van der Waals surface area contributed by atoms with Crippen molar-refractivity contribution < 1.29 is 23.5 Å². The third-order valence-electron chi connectivity index (χ3n) is 3.50. The van der Waals surface area contributed by atoms with Crippen LogP contribution in [-0.4, -0.2) is 62.2 Å². The minimum Gasteiger partial charge on any atom is -0.446 e. The lowest BCUT2D eigenvalue weighted by Crippen LogP contribution is -2.35. The van der Waals surface area contributed by atoms with E-state index in [9.17, 15) is 9.59 Å². The van der Waals surface area contributed by atoms with E-state index in [0.29, 0.717) is 32.2 Å². The number of nitrogens with zero attached hydrogens (tertiary/aromatic N) is 2. The van der Waals surface area contributed by atoms with Gasteiger partial charge >= 0.3 is 0 Å². The van der Waals surface area contributed by atoms with E-state index in [0.717, 1.165) is 12.8 Å². The summed E-state index contributed by atoms with van der Waals surface area (Å²) >= 11 is 0. The van der Waals surface area contributed by atoms with Gasteiger partial charge in [-0.05, 0) is 12.8 Å². The van der Waals surface area contributed by atoms with Crippen molar-refractivity contribution in [1.29, 1.82) is 0 Å². The Kier molecular flexibility index (Phi) is 9.79. The molecule has 1 aromatic heterocycles. The molecule has 0 saturated carbocycles. The van der Waals surface area contributed by atoms with Crippen LogP contribution in [0.1, 0.15) is 43.1 Å². The zero-order valence-electron chi connectivity index (χ0n) is 15.5. The standard InChI is InChI=1S/C17H29N3O5/c1-13(2)17(22)20(8-6-10-24-4)11-15-19-14(12-25-15)16(21)18-7-5-9-23-3/h12-13H,5-11H2,1-4H3,(H,18,21). The second-order valence-corrected chi connectivity index (χ2v) is 5.99. The lowest BCUT2D eigenvalue weighted by molar-refractivity contribution is -0.135. The van der Waals surface area contributed by atoms with Gasteiger partial charge in [-0.25, -0.2) is 4.98 Å². The molecule has 8 heteroatoms. The molecule has 1 heterocycles. The van der Waals surface area contributed by atoms with Gasteiger partial charge in [0.2, 0.25) is 11.8 Å². The number of hydrogen-bond acceptors (Lipinski definition) is 6. The molecule has 0 unspecified atom stereocenters.